The van der Waals surface area contributed by atoms with Crippen LogP contribution >= 0.6 is 0 Å². The van der Waals surface area contributed by atoms with E-state index in [1.807, 2.05) is 25.3 Å². The summed E-state index contributed by atoms with van der Waals surface area (Å²) >= 11 is 0. The fourth-order valence-corrected chi connectivity index (χ4v) is 1.88. The Morgan fingerprint density at radius 1 is 1.39 bits per heavy atom. The van der Waals surface area contributed by atoms with Crippen molar-refractivity contribution < 1.29 is 4.52 Å². The summed E-state index contributed by atoms with van der Waals surface area (Å²) in [4.78, 5) is 7.47. The number of aromatic amines is 1. The monoisotopic (exact) mass is 248 g/mol. The number of hydrogen-bond acceptors (Lipinski definition) is 4. The Hall–Kier alpha value is -1.62. The summed E-state index contributed by atoms with van der Waals surface area (Å²) in [7, 11) is 0. The lowest BCUT2D eigenvalue weighted by molar-refractivity contribution is 0.349. The second-order valence-corrected chi connectivity index (χ2v) is 4.85. The molecular weight excluding hydrogens is 228 g/mol. The van der Waals surface area contributed by atoms with E-state index in [1.165, 1.54) is 0 Å². The van der Waals surface area contributed by atoms with Crippen molar-refractivity contribution in [2.75, 3.05) is 0 Å². The molecule has 2 aromatic rings. The molecule has 0 spiro atoms. The maximum Gasteiger partial charge on any atom is 0.229 e. The summed E-state index contributed by atoms with van der Waals surface area (Å²) in [5, 5.41) is 3.98. The van der Waals surface area contributed by atoms with Crippen LogP contribution in [0.25, 0.3) is 11.5 Å². The van der Waals surface area contributed by atoms with Crippen molar-refractivity contribution >= 4 is 0 Å². The zero-order chi connectivity index (χ0) is 13.0. The van der Waals surface area contributed by atoms with Crippen LogP contribution in [-0.2, 0) is 0 Å². The van der Waals surface area contributed by atoms with E-state index in [9.17, 15) is 0 Å². The van der Waals surface area contributed by atoms with Gasteiger partial charge in [-0.1, -0.05) is 18.5 Å². The zero-order valence-electron chi connectivity index (χ0n) is 10.9. The summed E-state index contributed by atoms with van der Waals surface area (Å²) in [6.45, 7) is 4.13. The number of aromatic nitrogens is 3. The van der Waals surface area contributed by atoms with Gasteiger partial charge in [-0.2, -0.15) is 4.98 Å². The van der Waals surface area contributed by atoms with E-state index in [4.69, 9.17) is 10.3 Å². The van der Waals surface area contributed by atoms with Crippen molar-refractivity contribution in [1.29, 1.82) is 0 Å². The first-order valence-corrected chi connectivity index (χ1v) is 6.39. The average molecular weight is 248 g/mol. The van der Waals surface area contributed by atoms with Crippen LogP contribution in [0.2, 0.25) is 0 Å². The largest absolute Gasteiger partial charge is 0.359 e. The van der Waals surface area contributed by atoms with E-state index in [0.717, 1.165) is 25.0 Å². The molecule has 0 aliphatic carbocycles. The van der Waals surface area contributed by atoms with Crippen molar-refractivity contribution in [3.8, 4) is 11.5 Å². The molecule has 2 atom stereocenters. The minimum Gasteiger partial charge on any atom is -0.359 e. The van der Waals surface area contributed by atoms with Crippen LogP contribution in [0.5, 0.6) is 0 Å². The van der Waals surface area contributed by atoms with E-state index < -0.39 is 0 Å². The highest BCUT2D eigenvalue weighted by atomic mass is 16.5. The highest BCUT2D eigenvalue weighted by Crippen LogP contribution is 2.22. The van der Waals surface area contributed by atoms with Crippen molar-refractivity contribution in [2.24, 2.45) is 5.73 Å². The van der Waals surface area contributed by atoms with E-state index in [1.54, 1.807) is 0 Å². The van der Waals surface area contributed by atoms with Gasteiger partial charge in [0, 0.05) is 18.2 Å². The van der Waals surface area contributed by atoms with Gasteiger partial charge in [0.1, 0.15) is 0 Å². The lowest BCUT2D eigenvalue weighted by Crippen LogP contribution is -2.14. The van der Waals surface area contributed by atoms with E-state index >= 15 is 0 Å². The third-order valence-electron chi connectivity index (χ3n) is 3.00. The minimum absolute atomic E-state index is 0.259. The first kappa shape index (κ1) is 12.8. The molecule has 0 saturated carbocycles. The van der Waals surface area contributed by atoms with Crippen LogP contribution in [0.1, 0.15) is 44.9 Å². The number of hydrogen-bond donors (Lipinski definition) is 2. The van der Waals surface area contributed by atoms with Gasteiger partial charge in [0.05, 0.1) is 5.69 Å². The van der Waals surface area contributed by atoms with E-state index in [0.29, 0.717) is 11.7 Å². The SMILES string of the molecule is CC(N)CCCC(C)c1nc(-c2ccc[nH]2)no1. The molecule has 0 saturated heterocycles. The third-order valence-corrected chi connectivity index (χ3v) is 3.00. The molecule has 98 valence electrons. The molecule has 0 aliphatic heterocycles. The van der Waals surface area contributed by atoms with Gasteiger partial charge in [-0.25, -0.2) is 0 Å². The van der Waals surface area contributed by atoms with Gasteiger partial charge in [0.25, 0.3) is 0 Å². The molecule has 18 heavy (non-hydrogen) atoms. The molecule has 0 amide bonds. The van der Waals surface area contributed by atoms with Gasteiger partial charge in [0.15, 0.2) is 0 Å². The molecular formula is C13H20N4O. The maximum absolute atomic E-state index is 5.73. The Bertz CT molecular complexity index is 461. The van der Waals surface area contributed by atoms with Crippen LogP contribution in [0, 0.1) is 0 Å². The predicted octanol–water partition coefficient (Wildman–Crippen LogP) is 2.69. The van der Waals surface area contributed by atoms with Gasteiger partial charge < -0.3 is 15.2 Å². The molecule has 5 heteroatoms. The number of nitrogens with one attached hydrogen (secondary N) is 1. The fourth-order valence-electron chi connectivity index (χ4n) is 1.88. The van der Waals surface area contributed by atoms with Crippen LogP contribution < -0.4 is 5.73 Å². The zero-order valence-corrected chi connectivity index (χ0v) is 10.9. The smallest absolute Gasteiger partial charge is 0.229 e. The molecule has 0 fully saturated rings. The standard InChI is InChI=1S/C13H20N4O/c1-9(5-3-6-10(2)14)13-16-12(17-18-13)11-7-4-8-15-11/h4,7-10,15H,3,5-6,14H2,1-2H3. The second-order valence-electron chi connectivity index (χ2n) is 4.85. The Morgan fingerprint density at radius 2 is 2.22 bits per heavy atom. The fraction of sp³-hybridized carbons (Fsp3) is 0.538. The van der Waals surface area contributed by atoms with E-state index in [2.05, 4.69) is 22.0 Å². The number of nitrogens with two attached hydrogens (primary N) is 1. The molecule has 3 N–H and O–H groups in total. The van der Waals surface area contributed by atoms with Crippen molar-refractivity contribution in [3.05, 3.63) is 24.2 Å². The van der Waals surface area contributed by atoms with Crippen molar-refractivity contribution in [2.45, 2.75) is 45.1 Å². The minimum atomic E-state index is 0.259. The van der Waals surface area contributed by atoms with Gasteiger partial charge >= 0.3 is 0 Å². The molecule has 0 bridgehead atoms. The normalized spacial score (nSPS) is 14.6. The third kappa shape index (κ3) is 3.20. The number of nitrogens with zero attached hydrogens (tertiary/aromatic N) is 2. The van der Waals surface area contributed by atoms with Crippen molar-refractivity contribution in [1.82, 2.24) is 15.1 Å². The first-order chi connectivity index (χ1) is 8.66. The average Bonchev–Trinajstić information content (AvgIpc) is 2.99. The molecule has 5 nitrogen and oxygen atoms in total. The molecule has 0 aromatic carbocycles. The van der Waals surface area contributed by atoms with Gasteiger partial charge in [-0.05, 0) is 31.9 Å². The lowest BCUT2D eigenvalue weighted by atomic mass is 10.0. The van der Waals surface area contributed by atoms with Gasteiger partial charge in [-0.15, -0.1) is 0 Å². The molecule has 2 heterocycles. The second kappa shape index (κ2) is 5.82. The highest BCUT2D eigenvalue weighted by Gasteiger charge is 2.15. The van der Waals surface area contributed by atoms with Crippen LogP contribution in [-0.4, -0.2) is 21.2 Å². The Labute approximate surface area is 107 Å². The van der Waals surface area contributed by atoms with Crippen LogP contribution in [0.4, 0.5) is 0 Å². The van der Waals surface area contributed by atoms with Crippen LogP contribution in [0.15, 0.2) is 22.9 Å². The summed E-state index contributed by atoms with van der Waals surface area (Å²) in [5.74, 6) is 1.60. The molecule has 0 aliphatic rings. The molecule has 2 unspecified atom stereocenters. The molecule has 2 aromatic heterocycles. The summed E-state index contributed by atoms with van der Waals surface area (Å²) in [6.07, 6.45) is 4.98. The quantitative estimate of drug-likeness (QED) is 0.823. The maximum atomic E-state index is 5.73. The summed E-state index contributed by atoms with van der Waals surface area (Å²) in [6, 6.07) is 4.10. The van der Waals surface area contributed by atoms with Crippen LogP contribution in [0.3, 0.4) is 0 Å². The number of rotatable bonds is 6. The molecule has 0 radical (unpaired) electrons. The Balaban J connectivity index is 1.93. The summed E-state index contributed by atoms with van der Waals surface area (Å²) < 4.78 is 5.30. The van der Waals surface area contributed by atoms with E-state index in [-0.39, 0.29) is 12.0 Å². The van der Waals surface area contributed by atoms with Crippen molar-refractivity contribution in [3.63, 3.8) is 0 Å². The predicted molar refractivity (Wildman–Crippen MR) is 70.0 cm³/mol. The lowest BCUT2D eigenvalue weighted by Gasteiger charge is -2.07. The Kier molecular flexibility index (Phi) is 4.15. The number of H-pyrrole nitrogens is 1. The topological polar surface area (TPSA) is 80.7 Å². The summed E-state index contributed by atoms with van der Waals surface area (Å²) in [5.41, 5.74) is 6.61. The molecule has 2 rings (SSSR count). The van der Waals surface area contributed by atoms with Gasteiger partial charge in [-0.3, -0.25) is 0 Å². The first-order valence-electron chi connectivity index (χ1n) is 6.39. The van der Waals surface area contributed by atoms with Gasteiger partial charge in [0.2, 0.25) is 11.7 Å². The Morgan fingerprint density at radius 3 is 2.89 bits per heavy atom. The highest BCUT2D eigenvalue weighted by molar-refractivity contribution is 5.47.